The molecule has 106 heavy (non-hydrogen) atoms. The lowest BCUT2D eigenvalue weighted by atomic mass is 9.85. The molecule has 7 amide bonds. The average molecular weight is 1530 g/mol. The van der Waals surface area contributed by atoms with Crippen LogP contribution in [0.3, 0.4) is 0 Å². The van der Waals surface area contributed by atoms with E-state index in [1.165, 1.54) is 11.0 Å². The van der Waals surface area contributed by atoms with Crippen LogP contribution in [0.15, 0.2) is 71.2 Å². The van der Waals surface area contributed by atoms with Crippen LogP contribution < -0.4 is 21.3 Å². The Kier molecular flexibility index (Phi) is 27.6. The number of benzene rings is 3. The lowest BCUT2D eigenvalue weighted by molar-refractivity contribution is -0.146. The monoisotopic (exact) mass is 1520 g/mol. The number of carbonyl (C=O) groups excluding carboxylic acids is 8. The van der Waals surface area contributed by atoms with Crippen LogP contribution in [-0.2, 0) is 66.7 Å². The number of carbonyl (C=O) groups is 8. The van der Waals surface area contributed by atoms with Crippen molar-refractivity contribution in [2.75, 3.05) is 118 Å². The number of anilines is 1. The maximum absolute atomic E-state index is 15.2. The zero-order chi connectivity index (χ0) is 76.0. The maximum Gasteiger partial charge on any atom is 0.308 e. The third kappa shape index (κ3) is 20.1. The number of aryl methyl sites for hydroxylation is 3. The third-order valence-electron chi connectivity index (χ3n) is 18.4. The summed E-state index contributed by atoms with van der Waals surface area (Å²) in [6, 6.07) is 13.0. The van der Waals surface area contributed by atoms with Gasteiger partial charge < -0.3 is 63.9 Å². The summed E-state index contributed by atoms with van der Waals surface area (Å²) in [4.78, 5) is 120. The summed E-state index contributed by atoms with van der Waals surface area (Å²) in [6.45, 7) is 18.5. The number of aliphatic hydroxyl groups is 1. The zero-order valence-corrected chi connectivity index (χ0v) is 63.2. The van der Waals surface area contributed by atoms with Crippen LogP contribution in [0.1, 0.15) is 138 Å². The third-order valence-corrected chi connectivity index (χ3v) is 20.9. The summed E-state index contributed by atoms with van der Waals surface area (Å²) in [5, 5.41) is 32.1. The SMILES string of the molecule is Cc1ncsc1-c1ccc([C@H](C)NC(=O)[C@@H]2C[C@H](O)CN2C(=O)[C@@H](NC(=O)COCC(C)(COCCOCCOCCNc2cc3c(cc2F)C(=O)N(C2CCC(=O)NC2=O)C3=O)COCCOCCOCCOC(=O)C[C@@H]2N=C(c3ccc(Cl)cc3)c3c(sc(C)c3C)-n3c(C)nnc32)C(C)(C)C)cc1. The van der Waals surface area contributed by atoms with Gasteiger partial charge in [-0.1, -0.05) is 75.7 Å². The molecule has 3 aromatic carbocycles. The number of aliphatic imine (C=N–C) groups is 1. The summed E-state index contributed by atoms with van der Waals surface area (Å²) in [7, 11) is 0. The van der Waals surface area contributed by atoms with Gasteiger partial charge in [-0.2, -0.15) is 0 Å². The molecule has 0 radical (unpaired) electrons. The van der Waals surface area contributed by atoms with Gasteiger partial charge in [0, 0.05) is 52.4 Å². The molecule has 2 fully saturated rings. The van der Waals surface area contributed by atoms with E-state index in [0.717, 1.165) is 64.9 Å². The van der Waals surface area contributed by atoms with Crippen molar-refractivity contribution in [2.45, 2.75) is 124 Å². The number of fused-ring (bicyclic) bond motifs is 4. The molecule has 3 aromatic heterocycles. The van der Waals surface area contributed by atoms with Gasteiger partial charge in [0.1, 0.15) is 54.0 Å². The van der Waals surface area contributed by atoms with Crippen molar-refractivity contribution in [1.29, 1.82) is 0 Å². The van der Waals surface area contributed by atoms with E-state index in [1.807, 2.05) is 80.8 Å². The number of nitrogens with one attached hydrogen (secondary N) is 4. The van der Waals surface area contributed by atoms with E-state index in [0.29, 0.717) is 16.7 Å². The van der Waals surface area contributed by atoms with E-state index in [1.54, 1.807) is 49.0 Å². The summed E-state index contributed by atoms with van der Waals surface area (Å²) < 4.78 is 63.9. The molecule has 7 heterocycles. The number of aromatic nitrogens is 4. The number of likely N-dealkylation sites (tertiary alicyclic amines) is 1. The van der Waals surface area contributed by atoms with Gasteiger partial charge in [-0.05, 0) is 87.4 Å². The number of aliphatic hydroxyl groups excluding tert-OH is 1. The molecule has 7 atom stereocenters. The number of thiophene rings is 1. The molecule has 4 aliphatic rings. The van der Waals surface area contributed by atoms with Crippen molar-refractivity contribution >= 4 is 93.0 Å². The standard InChI is InChI=1S/C74H91ClFN11O17S2/c1-42-45(4)106-72-62(42)63(48-14-16-50(75)17-15-48)80-56(66-84-83-46(5)86(66)72)35-61(91)104-31-30-100-25-24-99-27-29-102-39-74(9,38-101-28-26-98-23-22-97-21-20-77-55-34-53-52(33-54(55)76)69(94)87(70(53)95)57-18-19-59(89)82-67(57)92)40-103-37-60(90)81-65(73(6,7)8)71(96)85-36-51(88)32-58(85)68(93)79-43(2)47-10-12-49(13-11-47)64-44(3)78-41-105-64/h10-17,33-34,41,43,51,56-58,65,77,88H,18-32,35-40H2,1-9H3,(H,79,93)(H,81,90)(H,82,89,92)/t43-,51-,56-,57?,58-,65+,74?/m0/s1. The second-order valence-corrected chi connectivity index (χ2v) is 30.3. The van der Waals surface area contributed by atoms with Gasteiger partial charge in [-0.25, -0.2) is 9.37 Å². The number of esters is 1. The first-order valence-electron chi connectivity index (χ1n) is 35.1. The van der Waals surface area contributed by atoms with Crippen molar-refractivity contribution in [3.05, 3.63) is 133 Å². The molecule has 2 saturated heterocycles. The topological polar surface area (TPSA) is 341 Å². The van der Waals surface area contributed by atoms with Gasteiger partial charge in [0.2, 0.25) is 29.5 Å². The second-order valence-electron chi connectivity index (χ2n) is 27.8. The predicted octanol–water partition coefficient (Wildman–Crippen LogP) is 7.31. The molecule has 0 spiro atoms. The Morgan fingerprint density at radius 3 is 2.02 bits per heavy atom. The van der Waals surface area contributed by atoms with Crippen molar-refractivity contribution < 1.29 is 85.7 Å². The minimum atomic E-state index is -1.18. The largest absolute Gasteiger partial charge is 0.463 e. The summed E-state index contributed by atoms with van der Waals surface area (Å²) in [6.07, 6.45) is -1.12. The number of piperidine rings is 1. The van der Waals surface area contributed by atoms with Crippen molar-refractivity contribution in [2.24, 2.45) is 15.8 Å². The predicted molar refractivity (Wildman–Crippen MR) is 391 cm³/mol. The van der Waals surface area contributed by atoms with Gasteiger partial charge in [-0.15, -0.1) is 32.9 Å². The number of hydrogen-bond acceptors (Lipinski definition) is 24. The fourth-order valence-electron chi connectivity index (χ4n) is 12.7. The van der Waals surface area contributed by atoms with Crippen LogP contribution in [0.2, 0.25) is 5.02 Å². The molecule has 5 N–H and O–H groups in total. The van der Waals surface area contributed by atoms with Crippen LogP contribution in [0.4, 0.5) is 10.1 Å². The van der Waals surface area contributed by atoms with Gasteiger partial charge in [0.05, 0.1) is 143 Å². The molecule has 10 rings (SSSR count). The van der Waals surface area contributed by atoms with E-state index in [9.17, 15) is 43.5 Å². The Morgan fingerprint density at radius 2 is 1.39 bits per heavy atom. The highest BCUT2D eigenvalue weighted by Crippen LogP contribution is 2.41. The highest BCUT2D eigenvalue weighted by Gasteiger charge is 2.47. The number of imide groups is 2. The minimum Gasteiger partial charge on any atom is -0.463 e. The van der Waals surface area contributed by atoms with E-state index < -0.39 is 107 Å². The Labute approximate surface area is 626 Å². The number of ether oxygens (including phenoxy) is 8. The van der Waals surface area contributed by atoms with E-state index >= 15 is 4.39 Å². The second kappa shape index (κ2) is 36.5. The van der Waals surface area contributed by atoms with Crippen molar-refractivity contribution in [3.8, 4) is 15.4 Å². The van der Waals surface area contributed by atoms with Crippen LogP contribution in [-0.4, -0.2) is 224 Å². The number of amides is 7. The maximum atomic E-state index is 15.2. The molecule has 0 saturated carbocycles. The first-order valence-corrected chi connectivity index (χ1v) is 37.2. The van der Waals surface area contributed by atoms with Crippen molar-refractivity contribution in [1.82, 2.24) is 45.5 Å². The van der Waals surface area contributed by atoms with Gasteiger partial charge in [0.25, 0.3) is 11.8 Å². The van der Waals surface area contributed by atoms with E-state index in [-0.39, 0.29) is 148 Å². The molecule has 570 valence electrons. The number of rotatable bonds is 37. The smallest absolute Gasteiger partial charge is 0.308 e. The van der Waals surface area contributed by atoms with Gasteiger partial charge >= 0.3 is 5.97 Å². The number of nitrogens with zero attached hydrogens (tertiary/aromatic N) is 7. The average Bonchev–Trinajstić information content (AvgIpc) is 1.60. The molecular weight excluding hydrogens is 1430 g/mol. The van der Waals surface area contributed by atoms with Gasteiger partial charge in [0.15, 0.2) is 5.82 Å². The van der Waals surface area contributed by atoms with Gasteiger partial charge in [-0.3, -0.25) is 58.1 Å². The number of β-amino-alcohol motifs (C(OH)–C–C–N with tert-alkyl or cyclic N) is 1. The molecule has 2 unspecified atom stereocenters. The molecule has 28 nitrogen and oxygen atoms in total. The Morgan fingerprint density at radius 1 is 0.774 bits per heavy atom. The molecule has 32 heteroatoms. The molecule has 4 aliphatic heterocycles. The number of halogens is 2. The summed E-state index contributed by atoms with van der Waals surface area (Å²) in [5.74, 6) is -4.47. The lowest BCUT2D eigenvalue weighted by Gasteiger charge is -2.35. The molecule has 6 aromatic rings. The highest BCUT2D eigenvalue weighted by molar-refractivity contribution is 7.15. The Balaban J connectivity index is 0.663. The highest BCUT2D eigenvalue weighted by atomic mass is 35.5. The number of thiazole rings is 1. The van der Waals surface area contributed by atoms with Crippen LogP contribution in [0.5, 0.6) is 0 Å². The first kappa shape index (κ1) is 80.2. The Hall–Kier alpha value is -8.34. The molecule has 0 aliphatic carbocycles. The minimum absolute atomic E-state index is 0.00571. The van der Waals surface area contributed by atoms with E-state index in [2.05, 4.69) is 50.3 Å². The fourth-order valence-corrected chi connectivity index (χ4v) is 14.8. The van der Waals surface area contributed by atoms with Crippen molar-refractivity contribution in [3.63, 3.8) is 0 Å². The zero-order valence-electron chi connectivity index (χ0n) is 60.8. The quantitative estimate of drug-likeness (QED) is 0.0145. The molecular formula is C74H91ClFN11O17S2. The molecule has 0 bridgehead atoms. The fraction of sp³-hybridized carbons (Fsp3) is 0.514. The first-order chi connectivity index (χ1) is 50.7. The Bertz CT molecular complexity index is 4180. The summed E-state index contributed by atoms with van der Waals surface area (Å²) in [5.41, 5.74) is 6.22. The van der Waals surface area contributed by atoms with Crippen LogP contribution in [0.25, 0.3) is 15.4 Å². The van der Waals surface area contributed by atoms with E-state index in [4.69, 9.17) is 54.5 Å². The lowest BCUT2D eigenvalue weighted by Crippen LogP contribution is -2.58. The van der Waals surface area contributed by atoms with Crippen LogP contribution >= 0.6 is 34.3 Å². The number of hydrogen-bond donors (Lipinski definition) is 5. The normalized spacial score (nSPS) is 18.3. The van der Waals surface area contributed by atoms with Crippen LogP contribution in [0, 0.1) is 44.3 Å². The summed E-state index contributed by atoms with van der Waals surface area (Å²) >= 11 is 9.43.